The van der Waals surface area contributed by atoms with Crippen LogP contribution in [0, 0.1) is 12.7 Å². The number of halogens is 1. The third-order valence-electron chi connectivity index (χ3n) is 4.69. The number of nitrogens with one attached hydrogen (secondary N) is 1. The normalized spacial score (nSPS) is 12.2. The summed E-state index contributed by atoms with van der Waals surface area (Å²) in [6, 6.07) is 13.4. The summed E-state index contributed by atoms with van der Waals surface area (Å²) in [5.74, 6) is -0.300. The van der Waals surface area contributed by atoms with Crippen molar-refractivity contribution in [2.75, 3.05) is 13.7 Å². The van der Waals surface area contributed by atoms with Crippen LogP contribution >= 0.6 is 0 Å². The SMILES string of the molecule is COc1ccc(C(=O)NCC(c2cccnc2)S(=O)(=O)c2ccc(F)c(C)c2)cc1. The molecule has 6 nitrogen and oxygen atoms in total. The Balaban J connectivity index is 1.89. The highest BCUT2D eigenvalue weighted by molar-refractivity contribution is 7.91. The Morgan fingerprint density at radius 1 is 1.17 bits per heavy atom. The molecule has 0 radical (unpaired) electrons. The molecule has 1 amide bonds. The van der Waals surface area contributed by atoms with E-state index in [4.69, 9.17) is 4.74 Å². The number of benzene rings is 2. The molecule has 30 heavy (non-hydrogen) atoms. The fourth-order valence-electron chi connectivity index (χ4n) is 2.96. The quantitative estimate of drug-likeness (QED) is 0.583. The molecule has 0 saturated heterocycles. The van der Waals surface area contributed by atoms with E-state index < -0.39 is 26.8 Å². The van der Waals surface area contributed by atoms with Crippen molar-refractivity contribution in [3.8, 4) is 5.75 Å². The van der Waals surface area contributed by atoms with Crippen LogP contribution in [0.2, 0.25) is 0 Å². The molecule has 0 aliphatic rings. The maximum Gasteiger partial charge on any atom is 0.251 e. The van der Waals surface area contributed by atoms with Gasteiger partial charge in [-0.1, -0.05) is 6.07 Å². The van der Waals surface area contributed by atoms with Crippen LogP contribution in [-0.4, -0.2) is 33.0 Å². The summed E-state index contributed by atoms with van der Waals surface area (Å²) in [6.07, 6.45) is 2.98. The molecule has 1 unspecified atom stereocenters. The van der Waals surface area contributed by atoms with Crippen LogP contribution in [-0.2, 0) is 9.84 Å². The highest BCUT2D eigenvalue weighted by Crippen LogP contribution is 2.29. The second kappa shape index (κ2) is 9.04. The number of sulfone groups is 1. The van der Waals surface area contributed by atoms with Gasteiger partial charge in [0.2, 0.25) is 0 Å². The van der Waals surface area contributed by atoms with Gasteiger partial charge in [-0.05, 0) is 66.6 Å². The molecule has 1 aromatic heterocycles. The summed E-state index contributed by atoms with van der Waals surface area (Å²) in [5, 5.41) is 1.59. The average molecular weight is 428 g/mol. The van der Waals surface area contributed by atoms with Crippen molar-refractivity contribution >= 4 is 15.7 Å². The molecule has 0 spiro atoms. The Bertz CT molecular complexity index is 1130. The summed E-state index contributed by atoms with van der Waals surface area (Å²) in [5.41, 5.74) is 1.02. The van der Waals surface area contributed by atoms with E-state index in [9.17, 15) is 17.6 Å². The van der Waals surface area contributed by atoms with Crippen molar-refractivity contribution in [1.29, 1.82) is 0 Å². The molecule has 8 heteroatoms. The van der Waals surface area contributed by atoms with Crippen molar-refractivity contribution < 1.29 is 22.3 Å². The van der Waals surface area contributed by atoms with E-state index in [0.29, 0.717) is 16.9 Å². The van der Waals surface area contributed by atoms with Gasteiger partial charge in [-0.15, -0.1) is 0 Å². The Kier molecular flexibility index (Phi) is 6.47. The van der Waals surface area contributed by atoms with Gasteiger partial charge in [0.25, 0.3) is 5.91 Å². The largest absolute Gasteiger partial charge is 0.497 e. The van der Waals surface area contributed by atoms with E-state index in [1.807, 2.05) is 0 Å². The van der Waals surface area contributed by atoms with Crippen LogP contribution in [0.1, 0.15) is 26.7 Å². The lowest BCUT2D eigenvalue weighted by atomic mass is 10.2. The minimum Gasteiger partial charge on any atom is -0.497 e. The molecule has 3 aromatic rings. The Hall–Kier alpha value is -3.26. The lowest BCUT2D eigenvalue weighted by Crippen LogP contribution is -2.32. The van der Waals surface area contributed by atoms with Crippen molar-refractivity contribution in [3.63, 3.8) is 0 Å². The van der Waals surface area contributed by atoms with Gasteiger partial charge >= 0.3 is 0 Å². The molecule has 1 N–H and O–H groups in total. The molecule has 1 atom stereocenters. The maximum atomic E-state index is 13.6. The minimum absolute atomic E-state index is 0.0195. The first kappa shape index (κ1) is 21.4. The first-order chi connectivity index (χ1) is 14.3. The van der Waals surface area contributed by atoms with Gasteiger partial charge in [0, 0.05) is 24.5 Å². The first-order valence-corrected chi connectivity index (χ1v) is 10.7. The summed E-state index contributed by atoms with van der Waals surface area (Å²) in [7, 11) is -2.40. The zero-order valence-electron chi connectivity index (χ0n) is 16.5. The van der Waals surface area contributed by atoms with Crippen LogP contribution in [0.5, 0.6) is 5.75 Å². The third-order valence-corrected chi connectivity index (χ3v) is 6.79. The molecule has 1 heterocycles. The number of nitrogens with zero attached hydrogens (tertiary/aromatic N) is 1. The molecular weight excluding hydrogens is 407 g/mol. The van der Waals surface area contributed by atoms with Crippen LogP contribution in [0.3, 0.4) is 0 Å². The zero-order chi connectivity index (χ0) is 21.7. The highest BCUT2D eigenvalue weighted by atomic mass is 32.2. The second-order valence-corrected chi connectivity index (χ2v) is 8.80. The van der Waals surface area contributed by atoms with Crippen LogP contribution in [0.25, 0.3) is 0 Å². The third kappa shape index (κ3) is 4.65. The fraction of sp³-hybridized carbons (Fsp3) is 0.182. The lowest BCUT2D eigenvalue weighted by molar-refractivity contribution is 0.0953. The monoisotopic (exact) mass is 428 g/mol. The zero-order valence-corrected chi connectivity index (χ0v) is 17.3. The maximum absolute atomic E-state index is 13.6. The van der Waals surface area contributed by atoms with E-state index in [0.717, 1.165) is 6.07 Å². The number of aromatic nitrogens is 1. The number of amides is 1. The van der Waals surface area contributed by atoms with Crippen molar-refractivity contribution in [2.24, 2.45) is 0 Å². The lowest BCUT2D eigenvalue weighted by Gasteiger charge is -2.19. The number of hydrogen-bond acceptors (Lipinski definition) is 5. The summed E-state index contributed by atoms with van der Waals surface area (Å²) < 4.78 is 45.3. The standard InChI is InChI=1S/C22H21FN2O4S/c1-15-12-19(9-10-20(15)23)30(27,28)21(17-4-3-11-24-13-17)14-25-22(26)16-5-7-18(29-2)8-6-16/h3-13,21H,14H2,1-2H3,(H,25,26). The average Bonchev–Trinajstić information content (AvgIpc) is 2.76. The first-order valence-electron chi connectivity index (χ1n) is 9.15. The Labute approximate surface area is 174 Å². The Morgan fingerprint density at radius 3 is 2.50 bits per heavy atom. The van der Waals surface area contributed by atoms with Crippen LogP contribution in [0.4, 0.5) is 4.39 Å². The predicted octanol–water partition coefficient (Wildman–Crippen LogP) is 3.48. The Morgan fingerprint density at radius 2 is 1.90 bits per heavy atom. The summed E-state index contributed by atoms with van der Waals surface area (Å²) in [6.45, 7) is 1.33. The van der Waals surface area contributed by atoms with Crippen molar-refractivity contribution in [3.05, 3.63) is 89.5 Å². The number of pyridine rings is 1. The van der Waals surface area contributed by atoms with Gasteiger partial charge < -0.3 is 10.1 Å². The van der Waals surface area contributed by atoms with E-state index in [-0.39, 0.29) is 17.0 Å². The summed E-state index contributed by atoms with van der Waals surface area (Å²) >= 11 is 0. The summed E-state index contributed by atoms with van der Waals surface area (Å²) in [4.78, 5) is 16.5. The molecular formula is C22H21FN2O4S. The number of carbonyl (C=O) groups is 1. The van der Waals surface area contributed by atoms with Gasteiger partial charge in [-0.25, -0.2) is 12.8 Å². The molecule has 0 fully saturated rings. The minimum atomic E-state index is -3.92. The molecule has 0 saturated carbocycles. The number of methoxy groups -OCH3 is 1. The van der Waals surface area contributed by atoms with E-state index >= 15 is 0 Å². The molecule has 0 aliphatic carbocycles. The van der Waals surface area contributed by atoms with E-state index in [1.165, 1.54) is 38.6 Å². The molecule has 3 rings (SSSR count). The number of carbonyl (C=O) groups excluding carboxylic acids is 1. The van der Waals surface area contributed by atoms with Gasteiger partial charge in [-0.2, -0.15) is 0 Å². The number of aryl methyl sites for hydroxylation is 1. The fourth-order valence-corrected chi connectivity index (χ4v) is 4.69. The second-order valence-electron chi connectivity index (χ2n) is 6.67. The number of ether oxygens (including phenoxy) is 1. The van der Waals surface area contributed by atoms with E-state index in [2.05, 4.69) is 10.3 Å². The number of rotatable bonds is 7. The van der Waals surface area contributed by atoms with Crippen LogP contribution < -0.4 is 10.1 Å². The van der Waals surface area contributed by atoms with Crippen molar-refractivity contribution in [2.45, 2.75) is 17.1 Å². The van der Waals surface area contributed by atoms with Gasteiger partial charge in [0.15, 0.2) is 9.84 Å². The number of hydrogen-bond donors (Lipinski definition) is 1. The molecule has 2 aromatic carbocycles. The van der Waals surface area contributed by atoms with E-state index in [1.54, 1.807) is 36.4 Å². The molecule has 0 aliphatic heterocycles. The predicted molar refractivity (Wildman–Crippen MR) is 111 cm³/mol. The van der Waals surface area contributed by atoms with Crippen molar-refractivity contribution in [1.82, 2.24) is 10.3 Å². The molecule has 0 bridgehead atoms. The topological polar surface area (TPSA) is 85.4 Å². The van der Waals surface area contributed by atoms with Crippen LogP contribution in [0.15, 0.2) is 71.9 Å². The van der Waals surface area contributed by atoms with Gasteiger partial charge in [0.1, 0.15) is 16.8 Å². The smallest absolute Gasteiger partial charge is 0.251 e. The highest BCUT2D eigenvalue weighted by Gasteiger charge is 2.30. The molecule has 156 valence electrons. The van der Waals surface area contributed by atoms with Gasteiger partial charge in [-0.3, -0.25) is 9.78 Å². The van der Waals surface area contributed by atoms with Gasteiger partial charge in [0.05, 0.1) is 12.0 Å².